The summed E-state index contributed by atoms with van der Waals surface area (Å²) in [5, 5.41) is 0. The monoisotopic (exact) mass is 358 g/mol. The fourth-order valence-corrected chi connectivity index (χ4v) is 2.63. The third kappa shape index (κ3) is 3.84. The number of alkyl halides is 3. The van der Waals surface area contributed by atoms with E-state index >= 15 is 0 Å². The number of methoxy groups -OCH3 is 1. The molecule has 0 aromatic heterocycles. The lowest BCUT2D eigenvalue weighted by molar-refractivity contribution is -0.277. The van der Waals surface area contributed by atoms with Gasteiger partial charge in [0.2, 0.25) is 0 Å². The third-order valence-corrected chi connectivity index (χ3v) is 3.75. The lowest BCUT2D eigenvalue weighted by Gasteiger charge is -2.33. The minimum atomic E-state index is -5.03. The molecule has 25 heavy (non-hydrogen) atoms. The summed E-state index contributed by atoms with van der Waals surface area (Å²) in [6.07, 6.45) is -3.72. The Morgan fingerprint density at radius 2 is 1.60 bits per heavy atom. The fraction of sp³-hybridized carbons (Fsp3) is 0.412. The second-order valence-electron chi connectivity index (χ2n) is 5.46. The van der Waals surface area contributed by atoms with Gasteiger partial charge in [0.15, 0.2) is 0 Å². The molecule has 3 atom stereocenters. The van der Waals surface area contributed by atoms with Gasteiger partial charge >= 0.3 is 18.1 Å². The van der Waals surface area contributed by atoms with Crippen LogP contribution in [0, 0.1) is 0 Å². The van der Waals surface area contributed by atoms with Crippen LogP contribution in [-0.2, 0) is 29.4 Å². The maximum Gasteiger partial charge on any atom is 0.432 e. The number of carbonyl (C=O) groups is 2. The summed E-state index contributed by atoms with van der Waals surface area (Å²) in [5.74, 6) is -2.11. The third-order valence-electron chi connectivity index (χ3n) is 3.75. The van der Waals surface area contributed by atoms with Crippen molar-refractivity contribution < 1.29 is 37.0 Å². The minimum absolute atomic E-state index is 0.0533. The van der Waals surface area contributed by atoms with Gasteiger partial charge < -0.3 is 14.2 Å². The summed E-state index contributed by atoms with van der Waals surface area (Å²) >= 11 is 0. The smallest absolute Gasteiger partial charge is 0.432 e. The van der Waals surface area contributed by atoms with Gasteiger partial charge in [-0.1, -0.05) is 30.3 Å². The zero-order valence-corrected chi connectivity index (χ0v) is 13.6. The van der Waals surface area contributed by atoms with Crippen LogP contribution in [0.3, 0.4) is 0 Å². The van der Waals surface area contributed by atoms with Crippen molar-refractivity contribution in [2.45, 2.75) is 37.3 Å². The first-order valence-corrected chi connectivity index (χ1v) is 7.44. The highest BCUT2D eigenvalue weighted by Gasteiger charge is 2.64. The van der Waals surface area contributed by atoms with Crippen molar-refractivity contribution in [3.8, 4) is 0 Å². The van der Waals surface area contributed by atoms with Crippen LogP contribution in [0.2, 0.25) is 0 Å². The van der Waals surface area contributed by atoms with Gasteiger partial charge in [0.1, 0.15) is 12.2 Å². The Kier molecular flexibility index (Phi) is 5.52. The molecule has 0 saturated carbocycles. The van der Waals surface area contributed by atoms with Gasteiger partial charge in [-0.15, -0.1) is 0 Å². The number of esters is 2. The molecule has 1 unspecified atom stereocenters. The molecule has 2 rings (SSSR count). The van der Waals surface area contributed by atoms with E-state index in [1.165, 1.54) is 37.3 Å². The highest BCUT2D eigenvalue weighted by atomic mass is 19.4. The van der Waals surface area contributed by atoms with Gasteiger partial charge in [-0.2, -0.15) is 13.2 Å². The number of halogens is 3. The SMILES string of the molecule is COC(C(=O)O[C@@H]1C=C[C@@H](OC(C)=O)C1)(c1ccccc1)C(F)(F)F. The molecule has 0 aliphatic heterocycles. The van der Waals surface area contributed by atoms with Crippen LogP contribution in [0.1, 0.15) is 18.9 Å². The Balaban J connectivity index is 2.23. The molecule has 0 bridgehead atoms. The van der Waals surface area contributed by atoms with E-state index in [9.17, 15) is 22.8 Å². The number of carbonyl (C=O) groups excluding carboxylic acids is 2. The summed E-state index contributed by atoms with van der Waals surface area (Å²) in [6, 6.07) is 6.55. The largest absolute Gasteiger partial charge is 0.458 e. The van der Waals surface area contributed by atoms with Gasteiger partial charge in [-0.05, 0) is 12.2 Å². The minimum Gasteiger partial charge on any atom is -0.458 e. The molecule has 0 heterocycles. The number of ether oxygens (including phenoxy) is 3. The van der Waals surface area contributed by atoms with Crippen LogP contribution in [0.25, 0.3) is 0 Å². The van der Waals surface area contributed by atoms with Crippen LogP contribution in [0.15, 0.2) is 42.5 Å². The summed E-state index contributed by atoms with van der Waals surface area (Å²) in [5.41, 5.74) is -3.62. The Hall–Kier alpha value is -2.35. The van der Waals surface area contributed by atoms with Crippen molar-refractivity contribution in [2.75, 3.05) is 7.11 Å². The predicted molar refractivity (Wildman–Crippen MR) is 80.4 cm³/mol. The molecule has 1 aliphatic carbocycles. The average Bonchev–Trinajstić information content (AvgIpc) is 2.94. The zero-order chi connectivity index (χ0) is 18.7. The first-order valence-electron chi connectivity index (χ1n) is 7.44. The molecule has 0 amide bonds. The number of rotatable bonds is 5. The molecule has 0 spiro atoms. The Morgan fingerprint density at radius 1 is 1.04 bits per heavy atom. The topological polar surface area (TPSA) is 61.8 Å². The van der Waals surface area contributed by atoms with E-state index in [1.54, 1.807) is 0 Å². The highest BCUT2D eigenvalue weighted by Crippen LogP contribution is 2.43. The maximum absolute atomic E-state index is 13.7. The summed E-state index contributed by atoms with van der Waals surface area (Å²) < 4.78 is 55.7. The van der Waals surface area contributed by atoms with Gasteiger partial charge in [0.25, 0.3) is 5.60 Å². The molecular weight excluding hydrogens is 341 g/mol. The lowest BCUT2D eigenvalue weighted by Crippen LogP contribution is -2.52. The molecule has 5 nitrogen and oxygen atoms in total. The molecule has 8 heteroatoms. The van der Waals surface area contributed by atoms with Gasteiger partial charge in [-0.25, -0.2) is 4.79 Å². The molecule has 1 aromatic carbocycles. The van der Waals surface area contributed by atoms with E-state index in [4.69, 9.17) is 9.47 Å². The second-order valence-corrected chi connectivity index (χ2v) is 5.46. The van der Waals surface area contributed by atoms with Gasteiger partial charge in [0, 0.05) is 26.0 Å². The molecule has 0 fully saturated rings. The Morgan fingerprint density at radius 3 is 2.08 bits per heavy atom. The summed E-state index contributed by atoms with van der Waals surface area (Å²) in [4.78, 5) is 23.3. The number of hydrogen-bond donors (Lipinski definition) is 0. The van der Waals surface area contributed by atoms with Crippen molar-refractivity contribution >= 4 is 11.9 Å². The van der Waals surface area contributed by atoms with Gasteiger partial charge in [0.05, 0.1) is 0 Å². The lowest BCUT2D eigenvalue weighted by atomic mass is 9.92. The van der Waals surface area contributed by atoms with E-state index < -0.39 is 35.9 Å². The van der Waals surface area contributed by atoms with Crippen molar-refractivity contribution in [3.05, 3.63) is 48.0 Å². The normalized spacial score (nSPS) is 22.3. The van der Waals surface area contributed by atoms with Crippen LogP contribution < -0.4 is 0 Å². The first-order chi connectivity index (χ1) is 11.7. The van der Waals surface area contributed by atoms with Crippen LogP contribution >= 0.6 is 0 Å². The van der Waals surface area contributed by atoms with E-state index in [0.717, 1.165) is 19.2 Å². The molecular formula is C17H17F3O5. The highest BCUT2D eigenvalue weighted by molar-refractivity contribution is 5.83. The van der Waals surface area contributed by atoms with E-state index in [-0.39, 0.29) is 12.0 Å². The van der Waals surface area contributed by atoms with E-state index in [0.29, 0.717) is 0 Å². The maximum atomic E-state index is 13.7. The first kappa shape index (κ1) is 19.0. The molecule has 0 saturated heterocycles. The molecule has 0 N–H and O–H groups in total. The van der Waals surface area contributed by atoms with Crippen molar-refractivity contribution in [2.24, 2.45) is 0 Å². The average molecular weight is 358 g/mol. The standard InChI is InChI=1S/C17H17F3O5/c1-11(21)24-13-8-9-14(10-13)25-15(22)16(23-2,17(18,19)20)12-6-4-3-5-7-12/h3-9,13-14H,10H2,1-2H3/t13-,14-,16?/m1/s1. The molecule has 1 aromatic rings. The summed E-state index contributed by atoms with van der Waals surface area (Å²) in [7, 11) is 0.800. The summed E-state index contributed by atoms with van der Waals surface area (Å²) in [6.45, 7) is 1.21. The van der Waals surface area contributed by atoms with E-state index in [2.05, 4.69) is 4.74 Å². The quantitative estimate of drug-likeness (QED) is 0.598. The van der Waals surface area contributed by atoms with Crippen LogP contribution in [0.4, 0.5) is 13.2 Å². The Labute approximate surface area is 142 Å². The Bertz CT molecular complexity index is 656. The van der Waals surface area contributed by atoms with Crippen molar-refractivity contribution in [1.29, 1.82) is 0 Å². The van der Waals surface area contributed by atoms with Crippen molar-refractivity contribution in [1.82, 2.24) is 0 Å². The zero-order valence-electron chi connectivity index (χ0n) is 13.6. The predicted octanol–water partition coefficient (Wildman–Crippen LogP) is 2.89. The molecule has 0 radical (unpaired) electrons. The van der Waals surface area contributed by atoms with Crippen LogP contribution in [0.5, 0.6) is 0 Å². The van der Waals surface area contributed by atoms with Crippen LogP contribution in [-0.4, -0.2) is 37.4 Å². The molecule has 1 aliphatic rings. The van der Waals surface area contributed by atoms with Gasteiger partial charge in [-0.3, -0.25) is 4.79 Å². The van der Waals surface area contributed by atoms with E-state index in [1.807, 2.05) is 0 Å². The number of benzene rings is 1. The molecule has 136 valence electrons. The second kappa shape index (κ2) is 7.26. The van der Waals surface area contributed by atoms with Crippen molar-refractivity contribution in [3.63, 3.8) is 0 Å². The fourth-order valence-electron chi connectivity index (χ4n) is 2.63. The number of hydrogen-bond acceptors (Lipinski definition) is 5.